The summed E-state index contributed by atoms with van der Waals surface area (Å²) < 4.78 is 27.3. The van der Waals surface area contributed by atoms with Crippen molar-refractivity contribution >= 4 is 0 Å². The predicted octanol–water partition coefficient (Wildman–Crippen LogP) is 3.63. The van der Waals surface area contributed by atoms with E-state index >= 15 is 0 Å². The summed E-state index contributed by atoms with van der Waals surface area (Å²) in [7, 11) is 0. The average Bonchev–Trinajstić information content (AvgIpc) is 2.30. The van der Waals surface area contributed by atoms with Crippen LogP contribution in [0.2, 0.25) is 0 Å². The largest absolute Gasteiger partial charge is 0.320 e. The second kappa shape index (κ2) is 4.86. The van der Waals surface area contributed by atoms with Gasteiger partial charge in [0.15, 0.2) is 0 Å². The molecular formula is C15H15F2N. The van der Waals surface area contributed by atoms with Crippen molar-refractivity contribution < 1.29 is 8.78 Å². The van der Waals surface area contributed by atoms with Gasteiger partial charge in [-0.1, -0.05) is 24.3 Å². The van der Waals surface area contributed by atoms with E-state index in [0.717, 1.165) is 5.56 Å². The van der Waals surface area contributed by atoms with Crippen molar-refractivity contribution in [3.63, 3.8) is 0 Å². The molecule has 0 heterocycles. The molecule has 0 amide bonds. The number of benzene rings is 2. The molecule has 0 spiro atoms. The van der Waals surface area contributed by atoms with Gasteiger partial charge in [0.05, 0.1) is 6.04 Å². The van der Waals surface area contributed by atoms with Crippen LogP contribution in [-0.2, 0) is 0 Å². The fourth-order valence-corrected chi connectivity index (χ4v) is 2.03. The maximum atomic E-state index is 14.0. The Kier molecular flexibility index (Phi) is 3.43. The molecule has 0 saturated carbocycles. The van der Waals surface area contributed by atoms with E-state index in [1.807, 2.05) is 0 Å². The van der Waals surface area contributed by atoms with Crippen molar-refractivity contribution in [2.75, 3.05) is 0 Å². The average molecular weight is 247 g/mol. The molecule has 0 aliphatic rings. The van der Waals surface area contributed by atoms with Crippen LogP contribution in [0.4, 0.5) is 8.78 Å². The zero-order valence-corrected chi connectivity index (χ0v) is 10.4. The Morgan fingerprint density at radius 1 is 1.06 bits per heavy atom. The van der Waals surface area contributed by atoms with Gasteiger partial charge in [-0.2, -0.15) is 0 Å². The van der Waals surface area contributed by atoms with E-state index in [9.17, 15) is 8.78 Å². The number of hydrogen-bond acceptors (Lipinski definition) is 1. The van der Waals surface area contributed by atoms with Crippen LogP contribution in [0.3, 0.4) is 0 Å². The van der Waals surface area contributed by atoms with Gasteiger partial charge >= 0.3 is 0 Å². The van der Waals surface area contributed by atoms with E-state index in [-0.39, 0.29) is 11.6 Å². The minimum absolute atomic E-state index is 0.327. The first-order valence-corrected chi connectivity index (χ1v) is 5.76. The normalized spacial score (nSPS) is 12.5. The summed E-state index contributed by atoms with van der Waals surface area (Å²) >= 11 is 0. The van der Waals surface area contributed by atoms with Crippen LogP contribution >= 0.6 is 0 Å². The topological polar surface area (TPSA) is 26.0 Å². The highest BCUT2D eigenvalue weighted by atomic mass is 19.1. The zero-order chi connectivity index (χ0) is 13.3. The Balaban J connectivity index is 2.47. The smallest absolute Gasteiger partial charge is 0.131 e. The molecule has 3 heteroatoms. The van der Waals surface area contributed by atoms with Gasteiger partial charge in [0.1, 0.15) is 11.6 Å². The van der Waals surface area contributed by atoms with Crippen LogP contribution < -0.4 is 5.73 Å². The van der Waals surface area contributed by atoms with Crippen molar-refractivity contribution in [3.05, 3.63) is 70.3 Å². The Morgan fingerprint density at radius 3 is 2.44 bits per heavy atom. The van der Waals surface area contributed by atoms with E-state index in [0.29, 0.717) is 16.7 Å². The van der Waals surface area contributed by atoms with E-state index in [1.54, 1.807) is 38.1 Å². The molecule has 0 saturated heterocycles. The van der Waals surface area contributed by atoms with Gasteiger partial charge in [0.2, 0.25) is 0 Å². The standard InChI is InChI=1S/C15H15F2N/c1-9-6-11(8-12(16)7-9)15(18)13-5-3-4-10(2)14(13)17/h3-8,15H,18H2,1-2H3. The molecule has 2 rings (SSSR count). The van der Waals surface area contributed by atoms with Crippen LogP contribution in [0.25, 0.3) is 0 Å². The van der Waals surface area contributed by atoms with Gasteiger partial charge in [-0.05, 0) is 42.7 Å². The third-order valence-electron chi connectivity index (χ3n) is 2.98. The highest BCUT2D eigenvalue weighted by Gasteiger charge is 2.15. The number of rotatable bonds is 2. The molecule has 1 unspecified atom stereocenters. The summed E-state index contributed by atoms with van der Waals surface area (Å²) in [5.41, 5.74) is 8.30. The number of nitrogens with two attached hydrogens (primary N) is 1. The molecule has 0 radical (unpaired) electrons. The number of aryl methyl sites for hydroxylation is 2. The number of halogens is 2. The lowest BCUT2D eigenvalue weighted by molar-refractivity contribution is 0.588. The molecule has 0 aliphatic carbocycles. The third-order valence-corrected chi connectivity index (χ3v) is 2.98. The Hall–Kier alpha value is -1.74. The maximum Gasteiger partial charge on any atom is 0.131 e. The minimum atomic E-state index is -0.653. The highest BCUT2D eigenvalue weighted by molar-refractivity contribution is 5.36. The summed E-state index contributed by atoms with van der Waals surface area (Å²) in [5.74, 6) is -0.680. The molecule has 2 N–H and O–H groups in total. The summed E-state index contributed by atoms with van der Waals surface area (Å²) in [6, 6.07) is 8.95. The van der Waals surface area contributed by atoms with Gasteiger partial charge in [-0.15, -0.1) is 0 Å². The third kappa shape index (κ3) is 2.41. The molecule has 0 aromatic heterocycles. The molecule has 0 aliphatic heterocycles. The fourth-order valence-electron chi connectivity index (χ4n) is 2.03. The lowest BCUT2D eigenvalue weighted by atomic mass is 9.96. The van der Waals surface area contributed by atoms with Crippen LogP contribution in [-0.4, -0.2) is 0 Å². The summed E-state index contributed by atoms with van der Waals surface area (Å²) in [6.45, 7) is 3.47. The van der Waals surface area contributed by atoms with Crippen molar-refractivity contribution in [1.29, 1.82) is 0 Å². The molecular weight excluding hydrogens is 232 g/mol. The lowest BCUT2D eigenvalue weighted by Crippen LogP contribution is -2.14. The van der Waals surface area contributed by atoms with Gasteiger partial charge in [0.25, 0.3) is 0 Å². The first-order chi connectivity index (χ1) is 8.49. The fraction of sp³-hybridized carbons (Fsp3) is 0.200. The monoisotopic (exact) mass is 247 g/mol. The summed E-state index contributed by atoms with van der Waals surface area (Å²) in [6.07, 6.45) is 0. The van der Waals surface area contributed by atoms with Crippen LogP contribution in [0.15, 0.2) is 36.4 Å². The number of hydrogen-bond donors (Lipinski definition) is 1. The van der Waals surface area contributed by atoms with Crippen LogP contribution in [0.5, 0.6) is 0 Å². The molecule has 94 valence electrons. The molecule has 2 aromatic rings. The molecule has 2 aromatic carbocycles. The van der Waals surface area contributed by atoms with Gasteiger partial charge in [0, 0.05) is 5.56 Å². The first kappa shape index (κ1) is 12.7. The SMILES string of the molecule is Cc1cc(F)cc(C(N)c2cccc(C)c2F)c1. The minimum Gasteiger partial charge on any atom is -0.320 e. The molecule has 18 heavy (non-hydrogen) atoms. The predicted molar refractivity (Wildman–Crippen MR) is 68.3 cm³/mol. The molecule has 0 fully saturated rings. The van der Waals surface area contributed by atoms with E-state index < -0.39 is 6.04 Å². The zero-order valence-electron chi connectivity index (χ0n) is 10.4. The Bertz CT molecular complexity index is 558. The Labute approximate surface area is 105 Å². The quantitative estimate of drug-likeness (QED) is 0.861. The van der Waals surface area contributed by atoms with E-state index in [1.165, 1.54) is 12.1 Å². The van der Waals surface area contributed by atoms with Crippen LogP contribution in [0, 0.1) is 25.5 Å². The first-order valence-electron chi connectivity index (χ1n) is 5.76. The summed E-state index contributed by atoms with van der Waals surface area (Å²) in [4.78, 5) is 0. The lowest BCUT2D eigenvalue weighted by Gasteiger charge is -2.15. The van der Waals surface area contributed by atoms with Crippen molar-refractivity contribution in [3.8, 4) is 0 Å². The van der Waals surface area contributed by atoms with Crippen molar-refractivity contribution in [1.82, 2.24) is 0 Å². The molecule has 0 bridgehead atoms. The van der Waals surface area contributed by atoms with E-state index in [4.69, 9.17) is 5.73 Å². The second-order valence-corrected chi connectivity index (χ2v) is 4.52. The Morgan fingerprint density at radius 2 is 1.78 bits per heavy atom. The van der Waals surface area contributed by atoms with Gasteiger partial charge in [-0.25, -0.2) is 8.78 Å². The van der Waals surface area contributed by atoms with Crippen molar-refractivity contribution in [2.24, 2.45) is 5.73 Å². The van der Waals surface area contributed by atoms with Gasteiger partial charge in [-0.3, -0.25) is 0 Å². The second-order valence-electron chi connectivity index (χ2n) is 4.52. The van der Waals surface area contributed by atoms with E-state index in [2.05, 4.69) is 0 Å². The molecule has 1 nitrogen and oxygen atoms in total. The van der Waals surface area contributed by atoms with Gasteiger partial charge < -0.3 is 5.73 Å². The van der Waals surface area contributed by atoms with Crippen molar-refractivity contribution in [2.45, 2.75) is 19.9 Å². The maximum absolute atomic E-state index is 14.0. The highest BCUT2D eigenvalue weighted by Crippen LogP contribution is 2.25. The summed E-state index contributed by atoms with van der Waals surface area (Å²) in [5, 5.41) is 0. The molecule has 1 atom stereocenters. The van der Waals surface area contributed by atoms with Crippen LogP contribution in [0.1, 0.15) is 28.3 Å².